The lowest BCUT2D eigenvalue weighted by Gasteiger charge is -2.14. The van der Waals surface area contributed by atoms with E-state index < -0.39 is 12.1 Å². The molecule has 1 aliphatic heterocycles. The number of likely N-dealkylation sites (tertiary alicyclic amines) is 1. The van der Waals surface area contributed by atoms with Crippen LogP contribution in [-0.2, 0) is 0 Å². The number of H-pyrrole nitrogens is 1. The molecule has 2 aromatic rings. The Kier molecular flexibility index (Phi) is 3.22. The Balaban J connectivity index is 1.98. The third-order valence-electron chi connectivity index (χ3n) is 4.12. The number of nitrogens with zero attached hydrogens (tertiary/aromatic N) is 1. The molecule has 0 bridgehead atoms. The van der Waals surface area contributed by atoms with E-state index >= 15 is 0 Å². The molecule has 21 heavy (non-hydrogen) atoms. The van der Waals surface area contributed by atoms with Crippen molar-refractivity contribution in [1.82, 2.24) is 9.88 Å². The molecule has 0 spiro atoms. The maximum Gasteiger partial charge on any atom is 0.270 e. The van der Waals surface area contributed by atoms with Crippen LogP contribution < -0.4 is 5.73 Å². The minimum Gasteiger partial charge on any atom is -0.390 e. The molecule has 0 unspecified atom stereocenters. The van der Waals surface area contributed by atoms with Crippen molar-refractivity contribution in [2.24, 2.45) is 5.73 Å². The third kappa shape index (κ3) is 2.20. The molecule has 0 radical (unpaired) electrons. The number of benzene rings is 1. The molecular weight excluding hydrogens is 273 g/mol. The number of β-amino-alcohol motifs (C(OH)–C–C–N with tert-alkyl or cyclic N) is 1. The number of rotatable bonds is 1. The zero-order valence-corrected chi connectivity index (χ0v) is 12.0. The van der Waals surface area contributed by atoms with Crippen LogP contribution in [0.2, 0.25) is 0 Å². The highest BCUT2D eigenvalue weighted by molar-refractivity contribution is 5.99. The molecule has 1 aliphatic rings. The van der Waals surface area contributed by atoms with Crippen molar-refractivity contribution in [2.75, 3.05) is 13.1 Å². The lowest BCUT2D eigenvalue weighted by molar-refractivity contribution is 0.0760. The minimum atomic E-state index is -0.695. The number of aryl methyl sites for hydroxylation is 2. The van der Waals surface area contributed by atoms with Gasteiger partial charge >= 0.3 is 0 Å². The Labute approximate surface area is 121 Å². The van der Waals surface area contributed by atoms with Crippen LogP contribution in [0.3, 0.4) is 0 Å². The van der Waals surface area contributed by atoms with Gasteiger partial charge < -0.3 is 20.7 Å². The lowest BCUT2D eigenvalue weighted by atomic mass is 10.1. The van der Waals surface area contributed by atoms with E-state index in [1.54, 1.807) is 26.0 Å². The Hall–Kier alpha value is -1.92. The van der Waals surface area contributed by atoms with Crippen LogP contribution in [0.4, 0.5) is 4.39 Å². The van der Waals surface area contributed by atoms with Crippen molar-refractivity contribution in [3.63, 3.8) is 0 Å². The summed E-state index contributed by atoms with van der Waals surface area (Å²) in [6.45, 7) is 3.93. The lowest BCUT2D eigenvalue weighted by Crippen LogP contribution is -2.33. The Morgan fingerprint density at radius 1 is 1.43 bits per heavy atom. The largest absolute Gasteiger partial charge is 0.390 e. The fourth-order valence-corrected chi connectivity index (χ4v) is 2.86. The molecule has 0 saturated carbocycles. The number of nitrogens with two attached hydrogens (primary N) is 1. The molecule has 1 fully saturated rings. The van der Waals surface area contributed by atoms with Gasteiger partial charge in [0.25, 0.3) is 5.91 Å². The number of hydrogen-bond acceptors (Lipinski definition) is 3. The molecule has 0 aliphatic carbocycles. The SMILES string of the molecule is Cc1cc2cc(C(=O)N3C[C@@H](O)[C@@H](N)C3)[nH]c2c(C)c1F. The van der Waals surface area contributed by atoms with Gasteiger partial charge in [-0.25, -0.2) is 4.39 Å². The summed E-state index contributed by atoms with van der Waals surface area (Å²) < 4.78 is 13.9. The molecule has 1 amide bonds. The smallest absolute Gasteiger partial charge is 0.270 e. The average molecular weight is 291 g/mol. The summed E-state index contributed by atoms with van der Waals surface area (Å²) in [7, 11) is 0. The molecule has 3 rings (SSSR count). The average Bonchev–Trinajstić information content (AvgIpc) is 3.00. The maximum absolute atomic E-state index is 13.9. The maximum atomic E-state index is 13.9. The number of aliphatic hydroxyl groups is 1. The van der Waals surface area contributed by atoms with E-state index in [-0.39, 0.29) is 18.3 Å². The second-order valence-corrected chi connectivity index (χ2v) is 5.72. The molecular formula is C15H18FN3O2. The van der Waals surface area contributed by atoms with Crippen molar-refractivity contribution < 1.29 is 14.3 Å². The molecule has 5 nitrogen and oxygen atoms in total. The van der Waals surface area contributed by atoms with E-state index in [4.69, 9.17) is 5.73 Å². The van der Waals surface area contributed by atoms with Crippen molar-refractivity contribution in [3.05, 3.63) is 34.8 Å². The highest BCUT2D eigenvalue weighted by atomic mass is 19.1. The number of aromatic amines is 1. The normalized spacial score (nSPS) is 22.2. The van der Waals surface area contributed by atoms with Gasteiger partial charge in [0, 0.05) is 30.1 Å². The monoisotopic (exact) mass is 291 g/mol. The molecule has 2 atom stereocenters. The van der Waals surface area contributed by atoms with Gasteiger partial charge in [0.2, 0.25) is 0 Å². The number of fused-ring (bicyclic) bond motifs is 1. The first kappa shape index (κ1) is 14.0. The van der Waals surface area contributed by atoms with Crippen molar-refractivity contribution in [1.29, 1.82) is 0 Å². The fourth-order valence-electron chi connectivity index (χ4n) is 2.86. The van der Waals surface area contributed by atoms with Crippen LogP contribution in [0.25, 0.3) is 10.9 Å². The number of carbonyl (C=O) groups is 1. The zero-order chi connectivity index (χ0) is 15.3. The Morgan fingerprint density at radius 2 is 2.14 bits per heavy atom. The van der Waals surface area contributed by atoms with Crippen molar-refractivity contribution >= 4 is 16.8 Å². The van der Waals surface area contributed by atoms with Gasteiger partial charge in [0.05, 0.1) is 11.6 Å². The van der Waals surface area contributed by atoms with Crippen LogP contribution in [0.5, 0.6) is 0 Å². The van der Waals surface area contributed by atoms with Crippen LogP contribution in [0.15, 0.2) is 12.1 Å². The van der Waals surface area contributed by atoms with Gasteiger partial charge in [-0.3, -0.25) is 4.79 Å². The van der Waals surface area contributed by atoms with E-state index in [0.29, 0.717) is 28.9 Å². The first-order chi connectivity index (χ1) is 9.88. The second-order valence-electron chi connectivity index (χ2n) is 5.72. The number of amides is 1. The molecule has 6 heteroatoms. The Morgan fingerprint density at radius 3 is 2.76 bits per heavy atom. The molecule has 1 saturated heterocycles. The molecule has 112 valence electrons. The van der Waals surface area contributed by atoms with Crippen LogP contribution in [0, 0.1) is 19.7 Å². The minimum absolute atomic E-state index is 0.224. The second kappa shape index (κ2) is 4.82. The Bertz CT molecular complexity index is 715. The number of aromatic nitrogens is 1. The van der Waals surface area contributed by atoms with E-state index in [9.17, 15) is 14.3 Å². The van der Waals surface area contributed by atoms with Gasteiger partial charge in [0.1, 0.15) is 11.5 Å². The summed E-state index contributed by atoms with van der Waals surface area (Å²) in [6, 6.07) is 3.02. The first-order valence-corrected chi connectivity index (χ1v) is 6.90. The highest BCUT2D eigenvalue weighted by Gasteiger charge is 2.32. The summed E-state index contributed by atoms with van der Waals surface area (Å²) in [4.78, 5) is 16.9. The van der Waals surface area contributed by atoms with E-state index in [0.717, 1.165) is 5.39 Å². The molecule has 2 heterocycles. The van der Waals surface area contributed by atoms with E-state index in [1.165, 1.54) is 4.90 Å². The highest BCUT2D eigenvalue weighted by Crippen LogP contribution is 2.25. The quantitative estimate of drug-likeness (QED) is 0.735. The van der Waals surface area contributed by atoms with Gasteiger partial charge in [0.15, 0.2) is 0 Å². The number of aliphatic hydroxyl groups excluding tert-OH is 1. The van der Waals surface area contributed by atoms with Crippen LogP contribution >= 0.6 is 0 Å². The predicted octanol–water partition coefficient (Wildman–Crippen LogP) is 1.07. The van der Waals surface area contributed by atoms with Gasteiger partial charge in [-0.15, -0.1) is 0 Å². The van der Waals surface area contributed by atoms with E-state index in [2.05, 4.69) is 4.98 Å². The number of nitrogens with one attached hydrogen (secondary N) is 1. The summed E-state index contributed by atoms with van der Waals surface area (Å²) in [5.41, 5.74) is 7.79. The number of carbonyl (C=O) groups excluding carboxylic acids is 1. The zero-order valence-electron chi connectivity index (χ0n) is 12.0. The van der Waals surface area contributed by atoms with Crippen LogP contribution in [0.1, 0.15) is 21.6 Å². The third-order valence-corrected chi connectivity index (χ3v) is 4.12. The van der Waals surface area contributed by atoms with Crippen LogP contribution in [-0.4, -0.2) is 46.1 Å². The summed E-state index contributed by atoms with van der Waals surface area (Å²) in [5.74, 6) is -0.488. The van der Waals surface area contributed by atoms with E-state index in [1.807, 2.05) is 0 Å². The standard InChI is InChI=1S/C15H18FN3O2/c1-7-3-9-4-11(18-14(9)8(2)13(7)16)15(21)19-5-10(17)12(20)6-19/h3-4,10,12,18,20H,5-6,17H2,1-2H3/t10-,12+/m0/s1. The van der Waals surface area contributed by atoms with Gasteiger partial charge in [-0.1, -0.05) is 0 Å². The summed E-state index contributed by atoms with van der Waals surface area (Å²) in [6.07, 6.45) is -0.695. The summed E-state index contributed by atoms with van der Waals surface area (Å²) in [5, 5.41) is 10.4. The molecule has 1 aromatic heterocycles. The fraction of sp³-hybridized carbons (Fsp3) is 0.400. The molecule has 1 aromatic carbocycles. The van der Waals surface area contributed by atoms with Crippen molar-refractivity contribution in [2.45, 2.75) is 26.0 Å². The first-order valence-electron chi connectivity index (χ1n) is 6.90. The topological polar surface area (TPSA) is 82.3 Å². The van der Waals surface area contributed by atoms with Crippen molar-refractivity contribution in [3.8, 4) is 0 Å². The molecule has 4 N–H and O–H groups in total. The summed E-state index contributed by atoms with van der Waals surface area (Å²) >= 11 is 0. The number of hydrogen-bond donors (Lipinski definition) is 3. The number of halogens is 1. The predicted molar refractivity (Wildman–Crippen MR) is 77.6 cm³/mol. The van der Waals surface area contributed by atoms with Gasteiger partial charge in [-0.05, 0) is 31.5 Å². The van der Waals surface area contributed by atoms with Gasteiger partial charge in [-0.2, -0.15) is 0 Å².